The van der Waals surface area contributed by atoms with Gasteiger partial charge in [-0.15, -0.1) is 0 Å². The molecule has 0 fully saturated rings. The Kier molecular flexibility index (Phi) is 9.26. The molecule has 0 N–H and O–H groups in total. The summed E-state index contributed by atoms with van der Waals surface area (Å²) in [6, 6.07) is 21.4. The van der Waals surface area contributed by atoms with Crippen LogP contribution < -0.4 is 29.1 Å². The summed E-state index contributed by atoms with van der Waals surface area (Å²) >= 11 is 1.25. The summed E-state index contributed by atoms with van der Waals surface area (Å²) in [6.45, 7) is 6.22. The Morgan fingerprint density at radius 2 is 1.82 bits per heavy atom. The average Bonchev–Trinajstić information content (AvgIpc) is 3.34. The number of aromatic nitrogens is 1. The fraction of sp³-hybridized carbons (Fsp3) is 0.235. The molecule has 0 bridgehead atoms. The standard InChI is InChI=1S/C34H31N3O6S/c1-5-41-28-18-23(13-16-27(28)40-4)31-30(33(39)42-6-2)21(3)36-34-37(31)32(38)29(44-34)17-22-11-14-26(15-12-22)43-20-25-10-8-7-9-24(25)19-35/h7-18,31H,5-6,20H2,1-4H3/b29-17+/t31-/m0/s1. The van der Waals surface area contributed by atoms with Gasteiger partial charge in [0, 0.05) is 5.56 Å². The third-order valence-electron chi connectivity index (χ3n) is 7.03. The van der Waals surface area contributed by atoms with Crippen LogP contribution >= 0.6 is 11.3 Å². The number of esters is 1. The zero-order chi connectivity index (χ0) is 31.2. The zero-order valence-corrected chi connectivity index (χ0v) is 25.6. The van der Waals surface area contributed by atoms with Crippen LogP contribution in [0.4, 0.5) is 0 Å². The second-order valence-electron chi connectivity index (χ2n) is 9.77. The highest BCUT2D eigenvalue weighted by atomic mass is 32.1. The zero-order valence-electron chi connectivity index (χ0n) is 24.8. The van der Waals surface area contributed by atoms with Crippen molar-refractivity contribution in [1.82, 2.24) is 4.57 Å². The Bertz CT molecular complexity index is 1950. The third kappa shape index (κ3) is 6.14. The lowest BCUT2D eigenvalue weighted by atomic mass is 9.95. The number of thiazole rings is 1. The van der Waals surface area contributed by atoms with Crippen LogP contribution in [-0.2, 0) is 16.1 Å². The molecule has 1 aliphatic heterocycles. The van der Waals surface area contributed by atoms with Gasteiger partial charge in [0.2, 0.25) is 0 Å². The molecule has 0 saturated heterocycles. The molecular formula is C34H31N3O6S. The van der Waals surface area contributed by atoms with E-state index in [4.69, 9.17) is 18.9 Å². The van der Waals surface area contributed by atoms with Crippen LogP contribution in [0.2, 0.25) is 0 Å². The minimum atomic E-state index is -0.773. The van der Waals surface area contributed by atoms with Crippen LogP contribution in [0.5, 0.6) is 17.2 Å². The maximum Gasteiger partial charge on any atom is 0.338 e. The van der Waals surface area contributed by atoms with E-state index in [9.17, 15) is 14.9 Å². The molecule has 0 saturated carbocycles. The molecule has 0 spiro atoms. The highest BCUT2D eigenvalue weighted by molar-refractivity contribution is 7.07. The molecular weight excluding hydrogens is 578 g/mol. The van der Waals surface area contributed by atoms with Crippen LogP contribution in [0.15, 0.2) is 87.8 Å². The van der Waals surface area contributed by atoms with E-state index < -0.39 is 12.0 Å². The summed E-state index contributed by atoms with van der Waals surface area (Å²) in [5.74, 6) is 1.15. The lowest BCUT2D eigenvalue weighted by molar-refractivity contribution is -0.139. The molecule has 1 aromatic heterocycles. The Hall–Kier alpha value is -5.14. The van der Waals surface area contributed by atoms with Crippen molar-refractivity contribution in [2.75, 3.05) is 20.3 Å². The molecule has 2 heterocycles. The Morgan fingerprint density at radius 1 is 1.05 bits per heavy atom. The van der Waals surface area contributed by atoms with Crippen LogP contribution in [0.25, 0.3) is 6.08 Å². The van der Waals surface area contributed by atoms with Crippen molar-refractivity contribution in [3.05, 3.63) is 120 Å². The molecule has 4 aromatic rings. The van der Waals surface area contributed by atoms with E-state index >= 15 is 0 Å². The number of hydrogen-bond donors (Lipinski definition) is 0. The van der Waals surface area contributed by atoms with Crippen LogP contribution in [0.3, 0.4) is 0 Å². The van der Waals surface area contributed by atoms with Gasteiger partial charge in [-0.25, -0.2) is 9.79 Å². The van der Waals surface area contributed by atoms with Crippen LogP contribution in [-0.4, -0.2) is 30.9 Å². The van der Waals surface area contributed by atoms with Crippen molar-refractivity contribution in [3.8, 4) is 23.3 Å². The molecule has 0 amide bonds. The maximum atomic E-state index is 14.0. The number of methoxy groups -OCH3 is 1. The first-order valence-corrected chi connectivity index (χ1v) is 14.9. The second-order valence-corrected chi connectivity index (χ2v) is 10.8. The first kappa shape index (κ1) is 30.3. The van der Waals surface area contributed by atoms with Gasteiger partial charge in [0.1, 0.15) is 12.4 Å². The number of benzene rings is 3. The third-order valence-corrected chi connectivity index (χ3v) is 8.01. The van der Waals surface area contributed by atoms with Gasteiger partial charge in [0.25, 0.3) is 5.56 Å². The van der Waals surface area contributed by atoms with Crippen molar-refractivity contribution in [2.45, 2.75) is 33.4 Å². The number of ether oxygens (including phenoxy) is 4. The van der Waals surface area contributed by atoms with Crippen molar-refractivity contribution in [2.24, 2.45) is 4.99 Å². The summed E-state index contributed by atoms with van der Waals surface area (Å²) in [5, 5.41) is 9.31. The lowest BCUT2D eigenvalue weighted by Gasteiger charge is -2.25. The molecule has 1 atom stereocenters. The monoisotopic (exact) mass is 609 g/mol. The molecule has 224 valence electrons. The van der Waals surface area contributed by atoms with Gasteiger partial charge in [0.15, 0.2) is 16.3 Å². The van der Waals surface area contributed by atoms with Crippen molar-refractivity contribution in [3.63, 3.8) is 0 Å². The topological polar surface area (TPSA) is 112 Å². The number of fused-ring (bicyclic) bond motifs is 1. The summed E-state index contributed by atoms with van der Waals surface area (Å²) < 4.78 is 24.5. The number of carbonyl (C=O) groups excluding carboxylic acids is 1. The van der Waals surface area contributed by atoms with Gasteiger partial charge in [-0.2, -0.15) is 5.26 Å². The fourth-order valence-corrected chi connectivity index (χ4v) is 6.01. The molecule has 0 unspecified atom stereocenters. The highest BCUT2D eigenvalue weighted by Crippen LogP contribution is 2.36. The molecule has 0 aliphatic carbocycles. The lowest BCUT2D eigenvalue weighted by Crippen LogP contribution is -2.40. The summed E-state index contributed by atoms with van der Waals surface area (Å²) in [5.41, 5.74) is 3.32. The number of rotatable bonds is 10. The predicted molar refractivity (Wildman–Crippen MR) is 166 cm³/mol. The highest BCUT2D eigenvalue weighted by Gasteiger charge is 2.34. The molecule has 3 aromatic carbocycles. The van der Waals surface area contributed by atoms with Gasteiger partial charge in [0.05, 0.1) is 53.8 Å². The quantitative estimate of drug-likeness (QED) is 0.241. The Balaban J connectivity index is 1.52. The fourth-order valence-electron chi connectivity index (χ4n) is 4.97. The molecule has 44 heavy (non-hydrogen) atoms. The molecule has 0 radical (unpaired) electrons. The molecule has 1 aliphatic rings. The van der Waals surface area contributed by atoms with E-state index in [1.165, 1.54) is 15.9 Å². The van der Waals surface area contributed by atoms with Crippen LogP contribution in [0, 0.1) is 11.3 Å². The number of allylic oxidation sites excluding steroid dienone is 1. The van der Waals surface area contributed by atoms with E-state index in [0.717, 1.165) is 11.1 Å². The average molecular weight is 610 g/mol. The minimum absolute atomic E-state index is 0.185. The Labute approximate surface area is 258 Å². The summed E-state index contributed by atoms with van der Waals surface area (Å²) in [7, 11) is 1.56. The largest absolute Gasteiger partial charge is 0.493 e. The van der Waals surface area contributed by atoms with E-state index in [-0.39, 0.29) is 24.3 Å². The number of nitriles is 1. The maximum absolute atomic E-state index is 14.0. The first-order chi connectivity index (χ1) is 21.4. The van der Waals surface area contributed by atoms with Crippen LogP contribution in [0.1, 0.15) is 49.1 Å². The van der Waals surface area contributed by atoms with Gasteiger partial charge in [-0.3, -0.25) is 9.36 Å². The van der Waals surface area contributed by atoms with Crippen molar-refractivity contribution in [1.29, 1.82) is 5.26 Å². The van der Waals surface area contributed by atoms with E-state index in [0.29, 0.717) is 50.0 Å². The summed E-state index contributed by atoms with van der Waals surface area (Å²) in [4.78, 5) is 32.3. The predicted octanol–water partition coefficient (Wildman–Crippen LogP) is 4.66. The Morgan fingerprint density at radius 3 is 2.52 bits per heavy atom. The van der Waals surface area contributed by atoms with E-state index in [1.54, 1.807) is 45.2 Å². The number of nitrogens with zero attached hydrogens (tertiary/aromatic N) is 3. The van der Waals surface area contributed by atoms with Crippen molar-refractivity contribution < 1.29 is 23.7 Å². The molecule has 5 rings (SSSR count). The minimum Gasteiger partial charge on any atom is -0.493 e. The van der Waals surface area contributed by atoms with E-state index in [2.05, 4.69) is 11.1 Å². The SMILES string of the molecule is CCOC(=O)C1=C(C)N=c2s/c(=C/c3ccc(OCc4ccccc4C#N)cc3)c(=O)n2[C@H]1c1ccc(OC)c(OCC)c1. The van der Waals surface area contributed by atoms with Gasteiger partial charge < -0.3 is 18.9 Å². The van der Waals surface area contributed by atoms with Gasteiger partial charge in [-0.1, -0.05) is 47.7 Å². The first-order valence-electron chi connectivity index (χ1n) is 14.1. The summed E-state index contributed by atoms with van der Waals surface area (Å²) in [6.07, 6.45) is 1.79. The normalized spacial score (nSPS) is 14.3. The van der Waals surface area contributed by atoms with Gasteiger partial charge >= 0.3 is 5.97 Å². The number of carbonyl (C=O) groups is 1. The van der Waals surface area contributed by atoms with E-state index in [1.807, 2.05) is 55.5 Å². The number of hydrogen-bond acceptors (Lipinski definition) is 9. The smallest absolute Gasteiger partial charge is 0.338 e. The second kappa shape index (κ2) is 13.4. The molecule has 9 nitrogen and oxygen atoms in total. The van der Waals surface area contributed by atoms with Crippen molar-refractivity contribution >= 4 is 23.4 Å². The molecule has 10 heteroatoms. The van der Waals surface area contributed by atoms with Gasteiger partial charge in [-0.05, 0) is 68.3 Å².